The first-order valence-corrected chi connectivity index (χ1v) is 5.62. The quantitative estimate of drug-likeness (QED) is 0.769. The maximum absolute atomic E-state index is 5.38. The molecule has 0 unspecified atom stereocenters. The van der Waals surface area contributed by atoms with Crippen molar-refractivity contribution in [2.75, 3.05) is 26.4 Å². The average molecular weight is 261 g/mol. The van der Waals surface area contributed by atoms with Gasteiger partial charge in [-0.15, -0.1) is 0 Å². The molecular weight excluding hydrogens is 246 g/mol. The number of methoxy groups -OCH3 is 2. The summed E-state index contributed by atoms with van der Waals surface area (Å²) >= 11 is 0. The van der Waals surface area contributed by atoms with Gasteiger partial charge >= 0.3 is 0 Å². The van der Waals surface area contributed by atoms with Crippen molar-refractivity contribution in [1.29, 1.82) is 0 Å². The zero-order valence-corrected chi connectivity index (χ0v) is 11.0. The molecule has 6 heteroatoms. The summed E-state index contributed by atoms with van der Waals surface area (Å²) in [5, 5.41) is 1.57. The van der Waals surface area contributed by atoms with Crippen molar-refractivity contribution in [1.82, 2.24) is 9.97 Å². The summed E-state index contributed by atoms with van der Waals surface area (Å²) in [5.41, 5.74) is 1.40. The predicted octanol–water partition coefficient (Wildman–Crippen LogP) is 2.19. The predicted molar refractivity (Wildman–Crippen MR) is 70.7 cm³/mol. The van der Waals surface area contributed by atoms with Gasteiger partial charge in [-0.3, -0.25) is 4.84 Å². The van der Waals surface area contributed by atoms with Crippen LogP contribution in [0.4, 0.5) is 11.4 Å². The molecular formula is C13H15N3O3. The average Bonchev–Trinajstić information content (AvgIpc) is 2.48. The molecule has 2 rings (SSSR count). The summed E-state index contributed by atoms with van der Waals surface area (Å²) in [6.07, 6.45) is 4.75. The maximum Gasteiger partial charge on any atom is 0.187 e. The zero-order valence-electron chi connectivity index (χ0n) is 11.0. The molecule has 0 saturated carbocycles. The number of hydrogen-bond donors (Lipinski definition) is 0. The van der Waals surface area contributed by atoms with Gasteiger partial charge in [0.15, 0.2) is 11.5 Å². The number of ether oxygens (including phenoxy) is 2. The monoisotopic (exact) mass is 261 g/mol. The van der Waals surface area contributed by atoms with E-state index in [1.807, 2.05) is 18.2 Å². The highest BCUT2D eigenvalue weighted by Crippen LogP contribution is 2.39. The molecule has 0 amide bonds. The zero-order chi connectivity index (χ0) is 13.7. The first-order chi connectivity index (χ1) is 9.31. The van der Waals surface area contributed by atoms with Crippen LogP contribution in [0.25, 0.3) is 0 Å². The number of aromatic nitrogens is 2. The summed E-state index contributed by atoms with van der Waals surface area (Å²) in [6, 6.07) is 5.53. The van der Waals surface area contributed by atoms with E-state index >= 15 is 0 Å². The Labute approximate surface area is 111 Å². The van der Waals surface area contributed by atoms with Crippen LogP contribution in [0.1, 0.15) is 0 Å². The number of rotatable bonds is 5. The summed E-state index contributed by atoms with van der Waals surface area (Å²) in [5.74, 6) is 1.20. The van der Waals surface area contributed by atoms with Crippen LogP contribution in [0.3, 0.4) is 0 Å². The van der Waals surface area contributed by atoms with Gasteiger partial charge in [-0.05, 0) is 12.1 Å². The number of hydrogen-bond acceptors (Lipinski definition) is 6. The van der Waals surface area contributed by atoms with Crippen molar-refractivity contribution in [2.24, 2.45) is 0 Å². The van der Waals surface area contributed by atoms with Gasteiger partial charge in [0, 0.05) is 0 Å². The van der Waals surface area contributed by atoms with Crippen molar-refractivity contribution < 1.29 is 14.3 Å². The maximum atomic E-state index is 5.38. The highest BCUT2D eigenvalue weighted by Gasteiger charge is 2.17. The van der Waals surface area contributed by atoms with E-state index in [2.05, 4.69) is 9.97 Å². The number of benzene rings is 1. The lowest BCUT2D eigenvalue weighted by Gasteiger charge is -2.23. The molecule has 0 bridgehead atoms. The van der Waals surface area contributed by atoms with E-state index < -0.39 is 0 Å². The highest BCUT2D eigenvalue weighted by molar-refractivity contribution is 5.69. The Morgan fingerprint density at radius 1 is 1.00 bits per heavy atom. The van der Waals surface area contributed by atoms with Crippen LogP contribution in [0.2, 0.25) is 0 Å². The summed E-state index contributed by atoms with van der Waals surface area (Å²) in [4.78, 5) is 13.3. The molecule has 2 aromatic rings. The van der Waals surface area contributed by atoms with Crippen LogP contribution >= 0.6 is 0 Å². The van der Waals surface area contributed by atoms with Gasteiger partial charge in [0.1, 0.15) is 17.7 Å². The molecule has 1 heterocycles. The van der Waals surface area contributed by atoms with Gasteiger partial charge in [-0.25, -0.2) is 15.0 Å². The van der Waals surface area contributed by atoms with E-state index in [0.717, 1.165) is 0 Å². The van der Waals surface area contributed by atoms with E-state index in [1.54, 1.807) is 38.8 Å². The second kappa shape index (κ2) is 6.01. The molecule has 19 heavy (non-hydrogen) atoms. The van der Waals surface area contributed by atoms with Crippen molar-refractivity contribution in [3.8, 4) is 11.5 Å². The molecule has 0 N–H and O–H groups in total. The molecule has 1 aromatic heterocycles. The Kier molecular flexibility index (Phi) is 4.15. The van der Waals surface area contributed by atoms with Crippen molar-refractivity contribution >= 4 is 11.4 Å². The van der Waals surface area contributed by atoms with Gasteiger partial charge in [-0.1, -0.05) is 6.07 Å². The molecule has 100 valence electrons. The minimum absolute atomic E-state index is 0.579. The summed E-state index contributed by atoms with van der Waals surface area (Å²) < 4.78 is 10.7. The minimum atomic E-state index is 0.579. The first-order valence-electron chi connectivity index (χ1n) is 5.62. The third kappa shape index (κ3) is 2.58. The van der Waals surface area contributed by atoms with Crippen LogP contribution in [-0.4, -0.2) is 31.3 Å². The fourth-order valence-electron chi connectivity index (χ4n) is 1.77. The van der Waals surface area contributed by atoms with Crippen molar-refractivity contribution in [3.05, 3.63) is 36.9 Å². The SMILES string of the molecule is COc1cccc(N(OC)c2cncnc2)c1OC. The largest absolute Gasteiger partial charge is 0.493 e. The van der Waals surface area contributed by atoms with Gasteiger partial charge in [0.25, 0.3) is 0 Å². The molecule has 0 aliphatic rings. The molecule has 0 saturated heterocycles. The molecule has 0 atom stereocenters. The molecule has 0 aliphatic heterocycles. The second-order valence-electron chi connectivity index (χ2n) is 3.59. The van der Waals surface area contributed by atoms with E-state index in [-0.39, 0.29) is 0 Å². The van der Waals surface area contributed by atoms with E-state index in [0.29, 0.717) is 22.9 Å². The van der Waals surface area contributed by atoms with Gasteiger partial charge in [-0.2, -0.15) is 0 Å². The summed E-state index contributed by atoms with van der Waals surface area (Å²) in [7, 11) is 4.73. The number of nitrogens with zero attached hydrogens (tertiary/aromatic N) is 3. The fraction of sp³-hybridized carbons (Fsp3) is 0.231. The van der Waals surface area contributed by atoms with Crippen molar-refractivity contribution in [2.45, 2.75) is 0 Å². The van der Waals surface area contributed by atoms with E-state index in [1.165, 1.54) is 6.33 Å². The standard InChI is InChI=1S/C13H15N3O3/c1-17-12-6-4-5-11(13(12)18-2)16(19-3)10-7-14-9-15-8-10/h4-9H,1-3H3. The van der Waals surface area contributed by atoms with Crippen LogP contribution in [0.15, 0.2) is 36.9 Å². The first kappa shape index (κ1) is 13.1. The third-order valence-corrected chi connectivity index (χ3v) is 2.56. The Morgan fingerprint density at radius 2 is 1.74 bits per heavy atom. The van der Waals surface area contributed by atoms with Gasteiger partial charge in [0.05, 0.1) is 33.7 Å². The van der Waals surface area contributed by atoms with Crippen LogP contribution in [-0.2, 0) is 4.84 Å². The Balaban J connectivity index is 2.50. The molecule has 0 fully saturated rings. The second-order valence-corrected chi connectivity index (χ2v) is 3.59. The van der Waals surface area contributed by atoms with Crippen LogP contribution in [0, 0.1) is 0 Å². The van der Waals surface area contributed by atoms with Gasteiger partial charge < -0.3 is 9.47 Å². The number of anilines is 2. The minimum Gasteiger partial charge on any atom is -0.493 e. The number of para-hydroxylation sites is 1. The van der Waals surface area contributed by atoms with E-state index in [4.69, 9.17) is 14.3 Å². The Bertz CT molecular complexity index is 534. The topological polar surface area (TPSA) is 56.7 Å². The molecule has 1 aromatic carbocycles. The Hall–Kier alpha value is -2.34. The normalized spacial score (nSPS) is 10.1. The third-order valence-electron chi connectivity index (χ3n) is 2.56. The lowest BCUT2D eigenvalue weighted by molar-refractivity contribution is 0.198. The Morgan fingerprint density at radius 3 is 2.32 bits per heavy atom. The molecule has 0 aliphatic carbocycles. The van der Waals surface area contributed by atoms with Gasteiger partial charge in [0.2, 0.25) is 0 Å². The highest BCUT2D eigenvalue weighted by atomic mass is 16.7. The molecule has 6 nitrogen and oxygen atoms in total. The lowest BCUT2D eigenvalue weighted by Crippen LogP contribution is -2.16. The molecule has 0 spiro atoms. The van der Waals surface area contributed by atoms with Crippen LogP contribution in [0.5, 0.6) is 11.5 Å². The molecule has 0 radical (unpaired) electrons. The van der Waals surface area contributed by atoms with Crippen LogP contribution < -0.4 is 14.5 Å². The van der Waals surface area contributed by atoms with E-state index in [9.17, 15) is 0 Å². The smallest absolute Gasteiger partial charge is 0.187 e. The van der Waals surface area contributed by atoms with Crippen molar-refractivity contribution in [3.63, 3.8) is 0 Å². The summed E-state index contributed by atoms with van der Waals surface area (Å²) in [6.45, 7) is 0. The fourth-order valence-corrected chi connectivity index (χ4v) is 1.77. The lowest BCUT2D eigenvalue weighted by atomic mass is 10.2.